The SMILES string of the molecule is CCCCCCCC(CN)N(C)CCSC. The van der Waals surface area contributed by atoms with E-state index in [2.05, 4.69) is 25.1 Å². The summed E-state index contributed by atoms with van der Waals surface area (Å²) in [5.74, 6) is 1.21. The molecule has 0 saturated heterocycles. The van der Waals surface area contributed by atoms with E-state index in [1.54, 1.807) is 0 Å². The monoisotopic (exact) mass is 246 g/mol. The molecule has 1 unspecified atom stereocenters. The summed E-state index contributed by atoms with van der Waals surface area (Å²) in [4.78, 5) is 2.43. The number of hydrogen-bond acceptors (Lipinski definition) is 3. The van der Waals surface area contributed by atoms with Gasteiger partial charge in [-0.25, -0.2) is 0 Å². The molecule has 0 fully saturated rings. The Morgan fingerprint density at radius 1 is 1.19 bits per heavy atom. The molecule has 0 bridgehead atoms. The number of likely N-dealkylation sites (N-methyl/N-ethyl adjacent to an activating group) is 1. The Labute approximate surface area is 106 Å². The van der Waals surface area contributed by atoms with Crippen molar-refractivity contribution in [1.82, 2.24) is 4.90 Å². The van der Waals surface area contributed by atoms with Crippen LogP contribution in [-0.2, 0) is 0 Å². The molecule has 98 valence electrons. The molecule has 0 saturated carbocycles. The van der Waals surface area contributed by atoms with Gasteiger partial charge in [-0.2, -0.15) is 11.8 Å². The number of nitrogens with two attached hydrogens (primary N) is 1. The normalized spacial score (nSPS) is 13.3. The van der Waals surface area contributed by atoms with Gasteiger partial charge < -0.3 is 10.6 Å². The number of unbranched alkanes of at least 4 members (excludes halogenated alkanes) is 4. The van der Waals surface area contributed by atoms with E-state index in [1.165, 1.54) is 44.3 Å². The summed E-state index contributed by atoms with van der Waals surface area (Å²) in [6.45, 7) is 4.23. The molecule has 0 aromatic rings. The number of nitrogens with zero attached hydrogens (tertiary/aromatic N) is 1. The second-order valence-corrected chi connectivity index (χ2v) is 5.55. The fraction of sp³-hybridized carbons (Fsp3) is 1.00. The highest BCUT2D eigenvalue weighted by Crippen LogP contribution is 2.10. The van der Waals surface area contributed by atoms with Crippen LogP contribution in [0.25, 0.3) is 0 Å². The predicted octanol–water partition coefficient (Wildman–Crippen LogP) is 2.97. The fourth-order valence-corrected chi connectivity index (χ4v) is 2.39. The van der Waals surface area contributed by atoms with Crippen molar-refractivity contribution in [1.29, 1.82) is 0 Å². The van der Waals surface area contributed by atoms with Crippen LogP contribution in [0.3, 0.4) is 0 Å². The highest BCUT2D eigenvalue weighted by molar-refractivity contribution is 7.98. The van der Waals surface area contributed by atoms with Crippen LogP contribution in [0.5, 0.6) is 0 Å². The van der Waals surface area contributed by atoms with Crippen LogP contribution in [0, 0.1) is 0 Å². The molecule has 0 aromatic carbocycles. The molecule has 1 atom stereocenters. The molecule has 0 aliphatic rings. The minimum absolute atomic E-state index is 0.591. The van der Waals surface area contributed by atoms with Crippen molar-refractivity contribution < 1.29 is 0 Å². The predicted molar refractivity (Wildman–Crippen MR) is 77.2 cm³/mol. The summed E-state index contributed by atoms with van der Waals surface area (Å²) in [5, 5.41) is 0. The summed E-state index contributed by atoms with van der Waals surface area (Å²) in [5.41, 5.74) is 5.84. The minimum atomic E-state index is 0.591. The Morgan fingerprint density at radius 3 is 2.44 bits per heavy atom. The van der Waals surface area contributed by atoms with E-state index in [0.29, 0.717) is 6.04 Å². The first-order valence-corrected chi connectivity index (χ1v) is 8.04. The fourth-order valence-electron chi connectivity index (χ4n) is 1.92. The summed E-state index contributed by atoms with van der Waals surface area (Å²) in [6.07, 6.45) is 10.2. The van der Waals surface area contributed by atoms with Crippen LogP contribution in [0.1, 0.15) is 45.4 Å². The van der Waals surface area contributed by atoms with Gasteiger partial charge in [-0.05, 0) is 19.7 Å². The van der Waals surface area contributed by atoms with Crippen molar-refractivity contribution in [3.8, 4) is 0 Å². The van der Waals surface area contributed by atoms with E-state index < -0.39 is 0 Å². The van der Waals surface area contributed by atoms with Crippen LogP contribution in [0.15, 0.2) is 0 Å². The van der Waals surface area contributed by atoms with Crippen molar-refractivity contribution >= 4 is 11.8 Å². The molecule has 0 aliphatic carbocycles. The van der Waals surface area contributed by atoms with Gasteiger partial charge in [0, 0.05) is 24.9 Å². The van der Waals surface area contributed by atoms with Crippen LogP contribution >= 0.6 is 11.8 Å². The van der Waals surface area contributed by atoms with Gasteiger partial charge in [0.1, 0.15) is 0 Å². The molecule has 0 rings (SSSR count). The Balaban J connectivity index is 3.56. The smallest absolute Gasteiger partial charge is 0.0215 e. The molecule has 0 amide bonds. The summed E-state index contributed by atoms with van der Waals surface area (Å²) < 4.78 is 0. The lowest BCUT2D eigenvalue weighted by Gasteiger charge is -2.26. The maximum atomic E-state index is 5.84. The van der Waals surface area contributed by atoms with Gasteiger partial charge in [-0.3, -0.25) is 0 Å². The van der Waals surface area contributed by atoms with Crippen molar-refractivity contribution in [2.24, 2.45) is 5.73 Å². The van der Waals surface area contributed by atoms with Crippen LogP contribution in [0.4, 0.5) is 0 Å². The Kier molecular flexibility index (Phi) is 11.9. The van der Waals surface area contributed by atoms with Gasteiger partial charge in [-0.1, -0.05) is 39.0 Å². The number of thioether (sulfide) groups is 1. The van der Waals surface area contributed by atoms with Crippen molar-refractivity contribution in [2.45, 2.75) is 51.5 Å². The zero-order valence-corrected chi connectivity index (χ0v) is 12.2. The molecule has 2 nitrogen and oxygen atoms in total. The molecule has 2 N–H and O–H groups in total. The van der Waals surface area contributed by atoms with Gasteiger partial charge in [0.25, 0.3) is 0 Å². The van der Waals surface area contributed by atoms with E-state index in [1.807, 2.05) is 11.8 Å². The first-order valence-electron chi connectivity index (χ1n) is 6.65. The Morgan fingerprint density at radius 2 is 1.88 bits per heavy atom. The molecular weight excluding hydrogens is 216 g/mol. The van der Waals surface area contributed by atoms with E-state index in [-0.39, 0.29) is 0 Å². The van der Waals surface area contributed by atoms with Gasteiger partial charge in [-0.15, -0.1) is 0 Å². The average molecular weight is 246 g/mol. The second kappa shape index (κ2) is 11.7. The van der Waals surface area contributed by atoms with E-state index in [4.69, 9.17) is 5.73 Å². The molecule has 0 heterocycles. The third-order valence-corrected chi connectivity index (χ3v) is 3.78. The maximum absolute atomic E-state index is 5.84. The lowest BCUT2D eigenvalue weighted by molar-refractivity contribution is 0.243. The third kappa shape index (κ3) is 8.43. The lowest BCUT2D eigenvalue weighted by atomic mass is 10.1. The van der Waals surface area contributed by atoms with Gasteiger partial charge in [0.05, 0.1) is 0 Å². The zero-order valence-electron chi connectivity index (χ0n) is 11.4. The minimum Gasteiger partial charge on any atom is -0.329 e. The summed E-state index contributed by atoms with van der Waals surface area (Å²) in [6, 6.07) is 0.591. The quantitative estimate of drug-likeness (QED) is 0.568. The summed E-state index contributed by atoms with van der Waals surface area (Å²) in [7, 11) is 2.21. The first-order chi connectivity index (χ1) is 7.76. The highest BCUT2D eigenvalue weighted by atomic mass is 32.2. The summed E-state index contributed by atoms with van der Waals surface area (Å²) >= 11 is 1.91. The highest BCUT2D eigenvalue weighted by Gasteiger charge is 2.11. The van der Waals surface area contributed by atoms with Crippen molar-refractivity contribution in [3.63, 3.8) is 0 Å². The van der Waals surface area contributed by atoms with Crippen LogP contribution < -0.4 is 5.73 Å². The molecule has 0 spiro atoms. The van der Waals surface area contributed by atoms with E-state index in [9.17, 15) is 0 Å². The van der Waals surface area contributed by atoms with E-state index in [0.717, 1.165) is 13.1 Å². The van der Waals surface area contributed by atoms with Crippen molar-refractivity contribution in [2.75, 3.05) is 32.1 Å². The zero-order chi connectivity index (χ0) is 12.2. The maximum Gasteiger partial charge on any atom is 0.0215 e. The van der Waals surface area contributed by atoms with Gasteiger partial charge in [0.15, 0.2) is 0 Å². The number of rotatable bonds is 11. The van der Waals surface area contributed by atoms with E-state index >= 15 is 0 Å². The van der Waals surface area contributed by atoms with Crippen molar-refractivity contribution in [3.05, 3.63) is 0 Å². The molecule has 16 heavy (non-hydrogen) atoms. The first kappa shape index (κ1) is 16.3. The average Bonchev–Trinajstić information content (AvgIpc) is 2.31. The van der Waals surface area contributed by atoms with Crippen LogP contribution in [-0.4, -0.2) is 43.1 Å². The van der Waals surface area contributed by atoms with Crippen LogP contribution in [0.2, 0.25) is 0 Å². The Hall–Kier alpha value is 0.270. The third-order valence-electron chi connectivity index (χ3n) is 3.18. The number of hydrogen-bond donors (Lipinski definition) is 1. The molecule has 0 aliphatic heterocycles. The van der Waals surface area contributed by atoms with Gasteiger partial charge in [0.2, 0.25) is 0 Å². The molecule has 3 heteroatoms. The second-order valence-electron chi connectivity index (χ2n) is 4.57. The van der Waals surface area contributed by atoms with Gasteiger partial charge >= 0.3 is 0 Å². The molecular formula is C13H30N2S. The molecule has 0 aromatic heterocycles. The largest absolute Gasteiger partial charge is 0.329 e. The molecule has 0 radical (unpaired) electrons. The standard InChI is InChI=1S/C13H30N2S/c1-4-5-6-7-8-9-13(12-14)15(2)10-11-16-3/h13H,4-12,14H2,1-3H3. The lowest BCUT2D eigenvalue weighted by Crippen LogP contribution is -2.39. The topological polar surface area (TPSA) is 29.3 Å². The Bertz CT molecular complexity index is 142.